The molecule has 3 N–H and O–H groups in total. The van der Waals surface area contributed by atoms with Gasteiger partial charge in [-0.25, -0.2) is 5.43 Å². The van der Waals surface area contributed by atoms with Crippen LogP contribution in [-0.4, -0.2) is 32.8 Å². The lowest BCUT2D eigenvalue weighted by atomic mass is 10.1. The lowest BCUT2D eigenvalue weighted by Crippen LogP contribution is -2.22. The van der Waals surface area contributed by atoms with Crippen molar-refractivity contribution in [2.75, 3.05) is 0 Å². The summed E-state index contributed by atoms with van der Waals surface area (Å²) >= 11 is 14.4. The van der Waals surface area contributed by atoms with E-state index in [2.05, 4.69) is 26.0 Å². The summed E-state index contributed by atoms with van der Waals surface area (Å²) in [6, 6.07) is 9.97. The van der Waals surface area contributed by atoms with E-state index in [1.165, 1.54) is 11.3 Å². The number of carbonyl (C=O) groups excluding carboxylic acids is 2. The number of hydrogen-bond acceptors (Lipinski definition) is 8. The van der Waals surface area contributed by atoms with Gasteiger partial charge in [0.25, 0.3) is 11.8 Å². The Morgan fingerprint density at radius 2 is 1.83 bits per heavy atom. The monoisotopic (exact) mass is 545 g/mol. The molecule has 0 saturated heterocycles. The summed E-state index contributed by atoms with van der Waals surface area (Å²) < 4.78 is 0. The highest BCUT2D eigenvalue weighted by Crippen LogP contribution is 2.40. The van der Waals surface area contributed by atoms with Crippen molar-refractivity contribution in [2.24, 2.45) is 5.10 Å². The molecule has 0 aliphatic carbocycles. The summed E-state index contributed by atoms with van der Waals surface area (Å²) in [6.45, 7) is 1.97. The first kappa shape index (κ1) is 24.8. The van der Waals surface area contributed by atoms with Crippen molar-refractivity contribution in [2.45, 2.75) is 13.5 Å². The highest BCUT2D eigenvalue weighted by Gasteiger charge is 2.17. The van der Waals surface area contributed by atoms with Crippen molar-refractivity contribution in [1.29, 1.82) is 0 Å². The normalized spacial score (nSPS) is 11.3. The third-order valence-electron chi connectivity index (χ3n) is 4.81. The highest BCUT2D eigenvalue weighted by atomic mass is 35.5. The minimum absolute atomic E-state index is 0.0309. The second-order valence-corrected chi connectivity index (χ2v) is 9.97. The van der Waals surface area contributed by atoms with Gasteiger partial charge in [-0.05, 0) is 48.4 Å². The summed E-state index contributed by atoms with van der Waals surface area (Å²) in [4.78, 5) is 26.2. The van der Waals surface area contributed by atoms with Gasteiger partial charge in [-0.2, -0.15) is 15.3 Å². The van der Waals surface area contributed by atoms with Crippen LogP contribution >= 0.6 is 45.9 Å². The first-order valence-corrected chi connectivity index (χ1v) is 12.5. The Labute approximate surface area is 218 Å². The minimum Gasteiger partial charge on any atom is -0.506 e. The molecule has 178 valence electrons. The second kappa shape index (κ2) is 11.0. The molecule has 0 aliphatic heterocycles. The zero-order valence-corrected chi connectivity index (χ0v) is 21.2. The number of benzene rings is 1. The third-order valence-corrected chi connectivity index (χ3v) is 7.65. The largest absolute Gasteiger partial charge is 0.506 e. The van der Waals surface area contributed by atoms with Crippen LogP contribution in [0.5, 0.6) is 5.75 Å². The van der Waals surface area contributed by atoms with E-state index in [1.807, 2.05) is 0 Å². The lowest BCUT2D eigenvalue weighted by Gasteiger charge is -2.04. The van der Waals surface area contributed by atoms with E-state index in [0.29, 0.717) is 42.5 Å². The number of nitrogens with one attached hydrogen (secondary N) is 2. The topological polar surface area (TPSA) is 117 Å². The van der Waals surface area contributed by atoms with Gasteiger partial charge in [-0.3, -0.25) is 9.59 Å². The van der Waals surface area contributed by atoms with Crippen LogP contribution in [0.1, 0.15) is 37.4 Å². The number of hydrazone groups is 1. The Morgan fingerprint density at radius 1 is 1.06 bits per heavy atom. The Balaban J connectivity index is 1.40. The van der Waals surface area contributed by atoms with Gasteiger partial charge in [0.15, 0.2) is 0 Å². The highest BCUT2D eigenvalue weighted by molar-refractivity contribution is 7.16. The van der Waals surface area contributed by atoms with Crippen molar-refractivity contribution < 1.29 is 14.7 Å². The fourth-order valence-corrected chi connectivity index (χ4v) is 5.09. The van der Waals surface area contributed by atoms with E-state index in [9.17, 15) is 14.7 Å². The van der Waals surface area contributed by atoms with E-state index in [1.54, 1.807) is 61.1 Å². The fraction of sp³-hybridized carbons (Fsp3) is 0.0870. The zero-order valence-electron chi connectivity index (χ0n) is 18.1. The van der Waals surface area contributed by atoms with E-state index in [-0.39, 0.29) is 11.7 Å². The van der Waals surface area contributed by atoms with Gasteiger partial charge in [0.05, 0.1) is 42.1 Å². The first-order chi connectivity index (χ1) is 16.8. The molecule has 2 amide bonds. The van der Waals surface area contributed by atoms with Crippen LogP contribution in [-0.2, 0) is 6.54 Å². The van der Waals surface area contributed by atoms with E-state index >= 15 is 0 Å². The molecule has 0 unspecified atom stereocenters. The summed E-state index contributed by atoms with van der Waals surface area (Å²) in [5.74, 6) is -0.738. The predicted octanol–water partition coefficient (Wildman–Crippen LogP) is 5.36. The molecule has 12 heteroatoms. The zero-order chi connectivity index (χ0) is 24.9. The number of halogens is 2. The molecule has 0 fully saturated rings. The molecule has 3 aromatic heterocycles. The van der Waals surface area contributed by atoms with Crippen molar-refractivity contribution in [1.82, 2.24) is 20.9 Å². The lowest BCUT2D eigenvalue weighted by molar-refractivity contribution is 0.0950. The molecule has 0 spiro atoms. The number of carbonyl (C=O) groups is 2. The summed E-state index contributed by atoms with van der Waals surface area (Å²) in [5, 5.41) is 27.6. The van der Waals surface area contributed by atoms with Gasteiger partial charge >= 0.3 is 0 Å². The molecular weight excluding hydrogens is 529 g/mol. The quantitative estimate of drug-likeness (QED) is 0.213. The maximum Gasteiger partial charge on any atom is 0.281 e. The fourth-order valence-electron chi connectivity index (χ4n) is 2.97. The molecule has 1 aromatic carbocycles. The molecule has 0 aliphatic rings. The average Bonchev–Trinajstić information content (AvgIpc) is 3.51. The molecule has 0 saturated carbocycles. The Kier molecular flexibility index (Phi) is 7.76. The Bertz CT molecular complexity index is 1420. The van der Waals surface area contributed by atoms with Gasteiger partial charge in [-0.1, -0.05) is 29.3 Å². The van der Waals surface area contributed by atoms with Crippen LogP contribution in [0.25, 0.3) is 10.4 Å². The standard InChI is InChI=1S/C23H17Cl2N5O3S2/c1-12(15-11-34-21(20(15)31)14-2-3-16(24)17(25)8-14)29-30-23(33)19-5-4-18(35-19)22(32)26-9-13-6-7-27-28-10-13/h2-8,10-11,31H,9H2,1H3,(H,26,32)(H,30,33). The van der Waals surface area contributed by atoms with Crippen molar-refractivity contribution >= 4 is 63.4 Å². The Morgan fingerprint density at radius 3 is 2.54 bits per heavy atom. The number of nitrogens with zero attached hydrogens (tertiary/aromatic N) is 3. The molecule has 3 heterocycles. The third kappa shape index (κ3) is 5.85. The van der Waals surface area contributed by atoms with Gasteiger partial charge in [0.1, 0.15) is 5.75 Å². The molecule has 35 heavy (non-hydrogen) atoms. The second-order valence-electron chi connectivity index (χ2n) is 7.19. The van der Waals surface area contributed by atoms with Gasteiger partial charge in [0, 0.05) is 18.1 Å². The minimum atomic E-state index is -0.467. The number of amides is 2. The average molecular weight is 546 g/mol. The van der Waals surface area contributed by atoms with Crippen LogP contribution in [0.15, 0.2) is 59.3 Å². The summed E-state index contributed by atoms with van der Waals surface area (Å²) in [6.07, 6.45) is 3.11. The SMILES string of the molecule is CC(=NNC(=O)c1ccc(C(=O)NCc2ccnnc2)s1)c1csc(-c2ccc(Cl)c(Cl)c2)c1O. The van der Waals surface area contributed by atoms with Gasteiger partial charge < -0.3 is 10.4 Å². The van der Waals surface area contributed by atoms with Crippen molar-refractivity contribution in [3.63, 3.8) is 0 Å². The predicted molar refractivity (Wildman–Crippen MR) is 139 cm³/mol. The van der Waals surface area contributed by atoms with E-state index < -0.39 is 5.91 Å². The number of hydrogen-bond donors (Lipinski definition) is 3. The molecule has 0 bridgehead atoms. The molecular formula is C23H17Cl2N5O3S2. The van der Waals surface area contributed by atoms with Crippen LogP contribution in [0.2, 0.25) is 10.0 Å². The Hall–Kier alpha value is -3.31. The first-order valence-electron chi connectivity index (χ1n) is 10.1. The molecule has 0 radical (unpaired) electrons. The number of aromatic nitrogens is 2. The van der Waals surface area contributed by atoms with E-state index in [4.69, 9.17) is 23.2 Å². The molecule has 8 nitrogen and oxygen atoms in total. The summed E-state index contributed by atoms with van der Waals surface area (Å²) in [7, 11) is 0. The maximum absolute atomic E-state index is 12.5. The number of aromatic hydroxyl groups is 1. The van der Waals surface area contributed by atoms with Crippen molar-refractivity contribution in [3.05, 3.63) is 85.1 Å². The molecule has 4 aromatic rings. The van der Waals surface area contributed by atoms with Crippen LogP contribution in [0, 0.1) is 0 Å². The van der Waals surface area contributed by atoms with Gasteiger partial charge in [0.2, 0.25) is 0 Å². The maximum atomic E-state index is 12.5. The number of thiophene rings is 2. The van der Waals surface area contributed by atoms with Crippen LogP contribution < -0.4 is 10.7 Å². The van der Waals surface area contributed by atoms with Crippen LogP contribution in [0.3, 0.4) is 0 Å². The summed E-state index contributed by atoms with van der Waals surface area (Å²) in [5.41, 5.74) is 4.89. The van der Waals surface area contributed by atoms with E-state index in [0.717, 1.165) is 22.5 Å². The van der Waals surface area contributed by atoms with Crippen molar-refractivity contribution in [3.8, 4) is 16.2 Å². The molecule has 4 rings (SSSR count). The molecule has 0 atom stereocenters. The number of rotatable bonds is 7. The van der Waals surface area contributed by atoms with Crippen LogP contribution in [0.4, 0.5) is 0 Å². The van der Waals surface area contributed by atoms with Gasteiger partial charge in [-0.15, -0.1) is 22.7 Å². The smallest absolute Gasteiger partial charge is 0.281 e.